The zero-order valence-electron chi connectivity index (χ0n) is 19.0. The van der Waals surface area contributed by atoms with Crippen LogP contribution in [0.1, 0.15) is 51.9 Å². The fourth-order valence-electron chi connectivity index (χ4n) is 5.24. The van der Waals surface area contributed by atoms with Crippen LogP contribution >= 0.6 is 0 Å². The van der Waals surface area contributed by atoms with Gasteiger partial charge < -0.3 is 20.3 Å². The van der Waals surface area contributed by atoms with E-state index < -0.39 is 48.3 Å². The zero-order chi connectivity index (χ0) is 24.7. The number of ketones is 1. The van der Waals surface area contributed by atoms with Crippen molar-refractivity contribution >= 4 is 23.5 Å². The number of carbonyl (C=O) groups excluding carboxylic acids is 4. The molecule has 4 atom stereocenters. The molecule has 4 aliphatic rings. The molecule has 12 heteroatoms. The number of nitrogens with one attached hydrogen (secondary N) is 2. The Morgan fingerprint density at radius 3 is 2.59 bits per heavy atom. The van der Waals surface area contributed by atoms with E-state index in [4.69, 9.17) is 4.74 Å². The summed E-state index contributed by atoms with van der Waals surface area (Å²) < 4.78 is 46.8. The topological polar surface area (TPSA) is 114 Å². The van der Waals surface area contributed by atoms with E-state index in [1.165, 1.54) is 4.90 Å². The largest absolute Gasteiger partial charge is 0.522 e. The predicted octanol–water partition coefficient (Wildman–Crippen LogP) is 1.05. The Hall–Kier alpha value is -2.21. The van der Waals surface area contributed by atoms with Gasteiger partial charge in [0, 0.05) is 25.6 Å². The molecule has 4 fully saturated rings. The van der Waals surface area contributed by atoms with E-state index in [2.05, 4.69) is 15.4 Å². The minimum atomic E-state index is -5.00. The first kappa shape index (κ1) is 24.9. The van der Waals surface area contributed by atoms with Gasteiger partial charge in [0.15, 0.2) is 5.78 Å². The van der Waals surface area contributed by atoms with Crippen LogP contribution in [0.25, 0.3) is 0 Å². The molecular formula is C22H30F3N3O6. The Labute approximate surface area is 195 Å². The van der Waals surface area contributed by atoms with Crippen LogP contribution in [0.5, 0.6) is 0 Å². The summed E-state index contributed by atoms with van der Waals surface area (Å²) in [4.78, 5) is 52.7. The Bertz CT molecular complexity index is 853. The van der Waals surface area contributed by atoms with Gasteiger partial charge >= 0.3 is 6.36 Å². The van der Waals surface area contributed by atoms with Gasteiger partial charge in [0.2, 0.25) is 11.8 Å². The molecule has 3 amide bonds. The second kappa shape index (κ2) is 9.10. The third-order valence-electron chi connectivity index (χ3n) is 7.47. The molecule has 34 heavy (non-hydrogen) atoms. The molecule has 1 saturated carbocycles. The van der Waals surface area contributed by atoms with Crippen LogP contribution in [-0.2, 0) is 28.7 Å². The van der Waals surface area contributed by atoms with Gasteiger partial charge in [-0.2, -0.15) is 0 Å². The average Bonchev–Trinajstić information content (AvgIpc) is 3.06. The van der Waals surface area contributed by atoms with E-state index in [1.54, 1.807) is 6.92 Å². The van der Waals surface area contributed by atoms with Crippen molar-refractivity contribution in [2.45, 2.75) is 75.9 Å². The first-order valence-corrected chi connectivity index (χ1v) is 11.7. The molecule has 1 spiro atoms. The number of hydrogen-bond donors (Lipinski definition) is 2. The number of likely N-dealkylation sites (tertiary alicyclic amines) is 1. The van der Waals surface area contributed by atoms with Crippen LogP contribution in [0.2, 0.25) is 0 Å². The van der Waals surface area contributed by atoms with Gasteiger partial charge in [-0.05, 0) is 57.3 Å². The highest BCUT2D eigenvalue weighted by atomic mass is 19.4. The first-order valence-electron chi connectivity index (χ1n) is 11.7. The molecule has 2 unspecified atom stereocenters. The van der Waals surface area contributed by atoms with E-state index in [-0.39, 0.29) is 23.7 Å². The Morgan fingerprint density at radius 1 is 1.29 bits per heavy atom. The fraction of sp³-hybridized carbons (Fsp3) is 0.818. The van der Waals surface area contributed by atoms with Crippen molar-refractivity contribution in [1.29, 1.82) is 0 Å². The van der Waals surface area contributed by atoms with Crippen LogP contribution in [0.3, 0.4) is 0 Å². The molecule has 0 bridgehead atoms. The lowest BCUT2D eigenvalue weighted by molar-refractivity contribution is -0.321. The van der Waals surface area contributed by atoms with Gasteiger partial charge in [-0.3, -0.25) is 23.9 Å². The Morgan fingerprint density at radius 2 is 2.03 bits per heavy atom. The van der Waals surface area contributed by atoms with Crippen LogP contribution in [0.4, 0.5) is 13.2 Å². The minimum absolute atomic E-state index is 0.135. The maximum atomic E-state index is 13.3. The summed E-state index contributed by atoms with van der Waals surface area (Å²) in [7, 11) is 0. The van der Waals surface area contributed by atoms with Crippen molar-refractivity contribution in [3.8, 4) is 0 Å². The van der Waals surface area contributed by atoms with Crippen molar-refractivity contribution < 1.29 is 41.8 Å². The third-order valence-corrected chi connectivity index (χ3v) is 7.47. The number of carbonyl (C=O) groups is 4. The quantitative estimate of drug-likeness (QED) is 0.527. The number of ether oxygens (including phenoxy) is 2. The highest BCUT2D eigenvalue weighted by molar-refractivity contribution is 5.95. The van der Waals surface area contributed by atoms with Gasteiger partial charge in [0.05, 0.1) is 6.04 Å². The molecule has 0 aromatic heterocycles. The number of rotatable bonds is 8. The summed E-state index contributed by atoms with van der Waals surface area (Å²) in [6, 6.07) is -2.19. The van der Waals surface area contributed by atoms with Gasteiger partial charge in [-0.1, -0.05) is 0 Å². The number of halogens is 3. The minimum Gasteiger partial charge on any atom is -0.365 e. The van der Waals surface area contributed by atoms with Gasteiger partial charge in [0.1, 0.15) is 18.2 Å². The Kier molecular flexibility index (Phi) is 6.67. The maximum Gasteiger partial charge on any atom is 0.522 e. The Balaban J connectivity index is 1.48. The lowest BCUT2D eigenvalue weighted by Crippen LogP contribution is -2.55. The summed E-state index contributed by atoms with van der Waals surface area (Å²) in [6.07, 6.45) is -1.28. The lowest BCUT2D eigenvalue weighted by Gasteiger charge is -2.32. The van der Waals surface area contributed by atoms with Crippen LogP contribution in [-0.4, -0.2) is 78.8 Å². The second-order valence-corrected chi connectivity index (χ2v) is 10.1. The van der Waals surface area contributed by atoms with Gasteiger partial charge in [-0.15, -0.1) is 13.2 Å². The van der Waals surface area contributed by atoms with Crippen LogP contribution in [0, 0.1) is 11.3 Å². The molecule has 3 heterocycles. The van der Waals surface area contributed by atoms with Crippen molar-refractivity contribution in [1.82, 2.24) is 15.5 Å². The zero-order valence-corrected chi connectivity index (χ0v) is 19.0. The van der Waals surface area contributed by atoms with Crippen molar-refractivity contribution in [2.75, 3.05) is 26.3 Å². The predicted molar refractivity (Wildman–Crippen MR) is 110 cm³/mol. The molecule has 4 rings (SSSR count). The van der Waals surface area contributed by atoms with Crippen LogP contribution in [0.15, 0.2) is 0 Å². The smallest absolute Gasteiger partial charge is 0.365 e. The van der Waals surface area contributed by atoms with Crippen molar-refractivity contribution in [3.05, 3.63) is 0 Å². The van der Waals surface area contributed by atoms with E-state index in [0.717, 1.165) is 19.3 Å². The molecule has 0 radical (unpaired) electrons. The number of alkyl halides is 3. The number of amides is 3. The molecular weight excluding hydrogens is 459 g/mol. The third kappa shape index (κ3) is 5.37. The molecule has 190 valence electrons. The summed E-state index contributed by atoms with van der Waals surface area (Å²) in [5.41, 5.74) is -1.16. The van der Waals surface area contributed by atoms with E-state index in [9.17, 15) is 32.3 Å². The van der Waals surface area contributed by atoms with E-state index >= 15 is 0 Å². The van der Waals surface area contributed by atoms with Crippen molar-refractivity contribution in [3.63, 3.8) is 0 Å². The number of hydrogen-bond acceptors (Lipinski definition) is 6. The standard InChI is InChI=1S/C22H30F3N3O6/c1-20(4-2-8-33-20)19(32)28-12-21(5-6-21)10-15(28)18(31)27-14(9-13-3-7-26-17(13)30)16(29)11-34-22(23,24)25/h13-15H,2-12H2,1H3,(H,26,30)(H,27,31)/t13-,14?,15-,20?/m0/s1. The highest BCUT2D eigenvalue weighted by Gasteiger charge is 2.57. The summed E-state index contributed by atoms with van der Waals surface area (Å²) in [5, 5.41) is 5.16. The fourth-order valence-corrected chi connectivity index (χ4v) is 5.24. The first-order chi connectivity index (χ1) is 15.9. The summed E-state index contributed by atoms with van der Waals surface area (Å²) in [5.74, 6) is -2.80. The van der Waals surface area contributed by atoms with E-state index in [0.29, 0.717) is 39.0 Å². The van der Waals surface area contributed by atoms with E-state index in [1.807, 2.05) is 0 Å². The normalized spacial score (nSPS) is 30.9. The maximum absolute atomic E-state index is 13.3. The van der Waals surface area contributed by atoms with Gasteiger partial charge in [-0.25, -0.2) is 0 Å². The molecule has 0 aromatic carbocycles. The van der Waals surface area contributed by atoms with Gasteiger partial charge in [0.25, 0.3) is 5.91 Å². The second-order valence-electron chi connectivity index (χ2n) is 10.1. The highest BCUT2D eigenvalue weighted by Crippen LogP contribution is 2.55. The summed E-state index contributed by atoms with van der Waals surface area (Å²) in [6.45, 7) is 1.69. The molecule has 1 aliphatic carbocycles. The number of Topliss-reactive ketones (excluding diaryl/α,β-unsaturated/α-hetero) is 1. The molecule has 3 saturated heterocycles. The molecule has 9 nitrogen and oxygen atoms in total. The molecule has 0 aromatic rings. The van der Waals surface area contributed by atoms with Crippen LogP contribution < -0.4 is 10.6 Å². The average molecular weight is 489 g/mol. The number of nitrogens with zero attached hydrogens (tertiary/aromatic N) is 1. The monoisotopic (exact) mass is 489 g/mol. The molecule has 2 N–H and O–H groups in total. The van der Waals surface area contributed by atoms with Crippen molar-refractivity contribution in [2.24, 2.45) is 11.3 Å². The SMILES string of the molecule is CC1(C(=O)N2CC3(CC3)C[C@H]2C(=O)NC(C[C@@H]2CCNC2=O)C(=O)COC(F)(F)F)CCCO1. The summed E-state index contributed by atoms with van der Waals surface area (Å²) >= 11 is 0. The lowest BCUT2D eigenvalue weighted by atomic mass is 9.95. The molecule has 3 aliphatic heterocycles.